The number of carbonyl (C=O) groups is 1. The normalized spacial score (nSPS) is 10.3. The van der Waals surface area contributed by atoms with E-state index in [0.717, 1.165) is 10.0 Å². The van der Waals surface area contributed by atoms with E-state index in [2.05, 4.69) is 15.9 Å². The lowest BCUT2D eigenvalue weighted by molar-refractivity contribution is 0.0469. The average Bonchev–Trinajstić information content (AvgIpc) is 2.54. The van der Waals surface area contributed by atoms with Crippen LogP contribution in [-0.2, 0) is 11.3 Å². The Balaban J connectivity index is 2.14. The van der Waals surface area contributed by atoms with Gasteiger partial charge in [-0.1, -0.05) is 17.7 Å². The van der Waals surface area contributed by atoms with Crippen molar-refractivity contribution in [2.24, 2.45) is 0 Å². The van der Waals surface area contributed by atoms with Gasteiger partial charge in [0.2, 0.25) is 0 Å². The van der Waals surface area contributed by atoms with E-state index in [0.29, 0.717) is 17.2 Å². The lowest BCUT2D eigenvalue weighted by Crippen LogP contribution is -2.08. The minimum absolute atomic E-state index is 0.104. The fourth-order valence-corrected chi connectivity index (χ4v) is 2.68. The largest absolute Gasteiger partial charge is 0.496 e. The summed E-state index contributed by atoms with van der Waals surface area (Å²) in [7, 11) is 3.02. The second-order valence-electron chi connectivity index (χ2n) is 4.62. The Bertz CT molecular complexity index is 736. The van der Waals surface area contributed by atoms with Crippen LogP contribution in [0, 0.1) is 0 Å². The van der Waals surface area contributed by atoms with E-state index >= 15 is 0 Å². The van der Waals surface area contributed by atoms with Gasteiger partial charge in [0.15, 0.2) is 0 Å². The molecule has 0 unspecified atom stereocenters. The van der Waals surface area contributed by atoms with Crippen LogP contribution in [0.5, 0.6) is 11.5 Å². The van der Waals surface area contributed by atoms with Crippen molar-refractivity contribution in [3.05, 3.63) is 51.0 Å². The molecule has 0 aliphatic carbocycles. The number of ether oxygens (including phenoxy) is 3. The summed E-state index contributed by atoms with van der Waals surface area (Å²) in [6.45, 7) is 0.104. The molecule has 0 heterocycles. The van der Waals surface area contributed by atoms with Crippen LogP contribution in [0.3, 0.4) is 0 Å². The van der Waals surface area contributed by atoms with Crippen LogP contribution >= 0.6 is 27.5 Å². The molecule has 2 N–H and O–H groups in total. The van der Waals surface area contributed by atoms with E-state index in [4.69, 9.17) is 31.5 Å². The van der Waals surface area contributed by atoms with Gasteiger partial charge in [-0.2, -0.15) is 0 Å². The maximum atomic E-state index is 12.2. The number of nitrogen functional groups attached to an aromatic ring is 1. The predicted molar refractivity (Wildman–Crippen MR) is 92.2 cm³/mol. The summed E-state index contributed by atoms with van der Waals surface area (Å²) in [5, 5.41) is 0.268. The minimum atomic E-state index is -0.546. The molecule has 0 saturated carbocycles. The standard InChI is InChI=1S/C16H15BrClNO4/c1-21-14-4-3-9(5-11(14)17)8-23-16(20)10-6-12(18)13(19)7-15(10)22-2/h3-7H,8,19H2,1-2H3. The molecule has 0 fully saturated rings. The van der Waals surface area contributed by atoms with Crippen molar-refractivity contribution >= 4 is 39.2 Å². The van der Waals surface area contributed by atoms with Crippen molar-refractivity contribution in [2.75, 3.05) is 20.0 Å². The molecule has 0 amide bonds. The van der Waals surface area contributed by atoms with Crippen molar-refractivity contribution in [1.82, 2.24) is 0 Å². The zero-order valence-electron chi connectivity index (χ0n) is 12.6. The van der Waals surface area contributed by atoms with Crippen LogP contribution in [0.4, 0.5) is 5.69 Å². The van der Waals surface area contributed by atoms with Gasteiger partial charge in [0, 0.05) is 6.07 Å². The fraction of sp³-hybridized carbons (Fsp3) is 0.188. The van der Waals surface area contributed by atoms with Crippen molar-refractivity contribution in [3.8, 4) is 11.5 Å². The molecular formula is C16H15BrClNO4. The first kappa shape index (κ1) is 17.4. The van der Waals surface area contributed by atoms with Gasteiger partial charge in [0.05, 0.1) is 29.4 Å². The number of benzene rings is 2. The van der Waals surface area contributed by atoms with Crippen molar-refractivity contribution < 1.29 is 19.0 Å². The number of esters is 1. The van der Waals surface area contributed by atoms with E-state index in [-0.39, 0.29) is 17.2 Å². The minimum Gasteiger partial charge on any atom is -0.496 e. The van der Waals surface area contributed by atoms with E-state index in [1.807, 2.05) is 12.1 Å². The van der Waals surface area contributed by atoms with E-state index in [1.54, 1.807) is 13.2 Å². The van der Waals surface area contributed by atoms with Crippen molar-refractivity contribution in [1.29, 1.82) is 0 Å². The Kier molecular flexibility index (Phi) is 5.74. The molecule has 23 heavy (non-hydrogen) atoms. The zero-order valence-corrected chi connectivity index (χ0v) is 14.9. The number of rotatable bonds is 5. The zero-order chi connectivity index (χ0) is 17.0. The van der Waals surface area contributed by atoms with Gasteiger partial charge in [0.25, 0.3) is 0 Å². The molecule has 2 aromatic rings. The number of hydrogen-bond donors (Lipinski definition) is 1. The Morgan fingerprint density at radius 2 is 1.87 bits per heavy atom. The maximum Gasteiger partial charge on any atom is 0.342 e. The Morgan fingerprint density at radius 3 is 2.48 bits per heavy atom. The van der Waals surface area contributed by atoms with E-state index < -0.39 is 5.97 Å². The molecule has 5 nitrogen and oxygen atoms in total. The van der Waals surface area contributed by atoms with Crippen molar-refractivity contribution in [2.45, 2.75) is 6.61 Å². The van der Waals surface area contributed by atoms with Gasteiger partial charge in [-0.3, -0.25) is 0 Å². The highest BCUT2D eigenvalue weighted by molar-refractivity contribution is 9.10. The number of hydrogen-bond acceptors (Lipinski definition) is 5. The predicted octanol–water partition coefficient (Wildman–Crippen LogP) is 4.06. The summed E-state index contributed by atoms with van der Waals surface area (Å²) in [4.78, 5) is 12.2. The Hall–Kier alpha value is -1.92. The topological polar surface area (TPSA) is 70.8 Å². The monoisotopic (exact) mass is 399 g/mol. The third-order valence-corrected chi connectivity index (χ3v) is 4.07. The van der Waals surface area contributed by atoms with Crippen LogP contribution in [0.15, 0.2) is 34.8 Å². The molecule has 0 saturated heterocycles. The summed E-state index contributed by atoms with van der Waals surface area (Å²) in [5.41, 5.74) is 7.06. The second-order valence-corrected chi connectivity index (χ2v) is 5.88. The molecule has 2 aromatic carbocycles. The molecule has 0 aliphatic heterocycles. The highest BCUT2D eigenvalue weighted by Gasteiger charge is 2.16. The SMILES string of the molecule is COc1ccc(COC(=O)c2cc(Cl)c(N)cc2OC)cc1Br. The second kappa shape index (κ2) is 7.57. The van der Waals surface area contributed by atoms with Gasteiger partial charge >= 0.3 is 5.97 Å². The van der Waals surface area contributed by atoms with Crippen LogP contribution in [0.2, 0.25) is 5.02 Å². The molecule has 122 valence electrons. The summed E-state index contributed by atoms with van der Waals surface area (Å²) in [6, 6.07) is 8.34. The summed E-state index contributed by atoms with van der Waals surface area (Å²) in [6.07, 6.45) is 0. The number of methoxy groups -OCH3 is 2. The molecule has 7 heteroatoms. The first-order valence-corrected chi connectivity index (χ1v) is 7.76. The lowest BCUT2D eigenvalue weighted by Gasteiger charge is -2.11. The van der Waals surface area contributed by atoms with Gasteiger partial charge in [-0.05, 0) is 39.7 Å². The first-order valence-electron chi connectivity index (χ1n) is 6.58. The fourth-order valence-electron chi connectivity index (χ4n) is 1.92. The van der Waals surface area contributed by atoms with Crippen LogP contribution in [0.25, 0.3) is 0 Å². The lowest BCUT2D eigenvalue weighted by atomic mass is 10.2. The summed E-state index contributed by atoms with van der Waals surface area (Å²) >= 11 is 9.33. The number of nitrogens with two attached hydrogens (primary N) is 1. The van der Waals surface area contributed by atoms with Gasteiger partial charge in [0.1, 0.15) is 23.7 Å². The summed E-state index contributed by atoms with van der Waals surface area (Å²) < 4.78 is 16.4. The summed E-state index contributed by atoms with van der Waals surface area (Å²) in [5.74, 6) is 0.468. The molecule has 0 atom stereocenters. The van der Waals surface area contributed by atoms with Crippen LogP contribution < -0.4 is 15.2 Å². The van der Waals surface area contributed by atoms with Crippen LogP contribution in [-0.4, -0.2) is 20.2 Å². The maximum absolute atomic E-state index is 12.2. The third kappa shape index (κ3) is 4.09. The average molecular weight is 401 g/mol. The Labute approximate surface area is 147 Å². The molecular weight excluding hydrogens is 386 g/mol. The quantitative estimate of drug-likeness (QED) is 0.605. The highest BCUT2D eigenvalue weighted by atomic mass is 79.9. The van der Waals surface area contributed by atoms with Gasteiger partial charge in [-0.25, -0.2) is 4.79 Å². The number of anilines is 1. The first-order chi connectivity index (χ1) is 11.0. The Morgan fingerprint density at radius 1 is 1.17 bits per heavy atom. The molecule has 0 aromatic heterocycles. The van der Waals surface area contributed by atoms with Crippen LogP contribution in [0.1, 0.15) is 15.9 Å². The number of halogens is 2. The molecule has 0 aliphatic rings. The van der Waals surface area contributed by atoms with Gasteiger partial charge < -0.3 is 19.9 Å². The smallest absolute Gasteiger partial charge is 0.342 e. The number of carbonyl (C=O) groups excluding carboxylic acids is 1. The van der Waals surface area contributed by atoms with E-state index in [1.165, 1.54) is 19.2 Å². The molecule has 0 bridgehead atoms. The highest BCUT2D eigenvalue weighted by Crippen LogP contribution is 2.30. The van der Waals surface area contributed by atoms with Crippen molar-refractivity contribution in [3.63, 3.8) is 0 Å². The third-order valence-electron chi connectivity index (χ3n) is 3.12. The van der Waals surface area contributed by atoms with E-state index in [9.17, 15) is 4.79 Å². The molecule has 2 rings (SSSR count). The van der Waals surface area contributed by atoms with Gasteiger partial charge in [-0.15, -0.1) is 0 Å². The molecule has 0 spiro atoms. The molecule has 0 radical (unpaired) electrons.